The molecular formula is C13H15NO3. The molecule has 0 unspecified atom stereocenters. The number of nitrogens with one attached hydrogen (secondary N) is 1. The van der Waals surface area contributed by atoms with E-state index in [0.717, 1.165) is 12.8 Å². The minimum atomic E-state index is -0.507. The number of hydrogen-bond acceptors (Lipinski definition) is 3. The maximum absolute atomic E-state index is 11.9. The second kappa shape index (κ2) is 4.99. The van der Waals surface area contributed by atoms with Gasteiger partial charge in [0, 0.05) is 5.56 Å². The van der Waals surface area contributed by atoms with E-state index in [1.165, 1.54) is 7.11 Å². The van der Waals surface area contributed by atoms with Gasteiger partial charge in [0.05, 0.1) is 7.11 Å². The van der Waals surface area contributed by atoms with Crippen LogP contribution in [0, 0.1) is 5.92 Å². The van der Waals surface area contributed by atoms with Crippen LogP contribution >= 0.6 is 0 Å². The van der Waals surface area contributed by atoms with E-state index in [4.69, 9.17) is 4.74 Å². The first-order chi connectivity index (χ1) is 8.22. The standard InChI is InChI=1S/C13H15NO3/c1-17-13(16)11(9-7-8-9)14-12(15)10-5-3-2-4-6-10/h2-6,9,11H,7-8H2,1H3,(H,14,15)/t11-/m0/s1. The highest BCUT2D eigenvalue weighted by Crippen LogP contribution is 2.33. The number of benzene rings is 1. The van der Waals surface area contributed by atoms with Crippen molar-refractivity contribution in [1.29, 1.82) is 0 Å². The summed E-state index contributed by atoms with van der Waals surface area (Å²) in [6, 6.07) is 8.36. The van der Waals surface area contributed by atoms with Crippen LogP contribution in [-0.2, 0) is 9.53 Å². The van der Waals surface area contributed by atoms with Crippen molar-refractivity contribution in [3.63, 3.8) is 0 Å². The van der Waals surface area contributed by atoms with Gasteiger partial charge in [0.15, 0.2) is 0 Å². The van der Waals surface area contributed by atoms with Gasteiger partial charge in [0.2, 0.25) is 0 Å². The quantitative estimate of drug-likeness (QED) is 0.799. The van der Waals surface area contributed by atoms with Crippen LogP contribution in [0.1, 0.15) is 23.2 Å². The van der Waals surface area contributed by atoms with E-state index in [2.05, 4.69) is 5.32 Å². The first kappa shape index (κ1) is 11.6. The van der Waals surface area contributed by atoms with E-state index < -0.39 is 6.04 Å². The van der Waals surface area contributed by atoms with Gasteiger partial charge in [-0.15, -0.1) is 0 Å². The first-order valence-corrected chi connectivity index (χ1v) is 5.66. The Bertz CT molecular complexity index is 412. The molecular weight excluding hydrogens is 218 g/mol. The minimum absolute atomic E-state index is 0.229. The zero-order valence-electron chi connectivity index (χ0n) is 9.68. The highest BCUT2D eigenvalue weighted by Gasteiger charge is 2.38. The maximum Gasteiger partial charge on any atom is 0.328 e. The molecule has 0 aliphatic heterocycles. The van der Waals surface area contributed by atoms with Gasteiger partial charge in [-0.2, -0.15) is 0 Å². The van der Waals surface area contributed by atoms with E-state index in [0.29, 0.717) is 5.56 Å². The lowest BCUT2D eigenvalue weighted by Gasteiger charge is -2.15. The Kier molecular flexibility index (Phi) is 3.42. The van der Waals surface area contributed by atoms with Crippen molar-refractivity contribution in [3.8, 4) is 0 Å². The van der Waals surface area contributed by atoms with Crippen molar-refractivity contribution < 1.29 is 14.3 Å². The Morgan fingerprint density at radius 3 is 2.47 bits per heavy atom. The van der Waals surface area contributed by atoms with E-state index in [1.54, 1.807) is 24.3 Å². The number of carbonyl (C=O) groups is 2. The molecule has 90 valence electrons. The normalized spacial score (nSPS) is 16.1. The fourth-order valence-electron chi connectivity index (χ4n) is 1.74. The largest absolute Gasteiger partial charge is 0.467 e. The molecule has 1 aromatic carbocycles. The molecule has 1 saturated carbocycles. The average Bonchev–Trinajstić information content (AvgIpc) is 3.20. The SMILES string of the molecule is COC(=O)[C@@H](NC(=O)c1ccccc1)C1CC1. The van der Waals surface area contributed by atoms with Gasteiger partial charge < -0.3 is 10.1 Å². The summed E-state index contributed by atoms with van der Waals surface area (Å²) in [5.74, 6) is -0.361. The molecule has 0 radical (unpaired) electrons. The third-order valence-electron chi connectivity index (χ3n) is 2.87. The van der Waals surface area contributed by atoms with Crippen molar-refractivity contribution >= 4 is 11.9 Å². The molecule has 4 heteroatoms. The topological polar surface area (TPSA) is 55.4 Å². The highest BCUT2D eigenvalue weighted by molar-refractivity contribution is 5.96. The van der Waals surface area contributed by atoms with Gasteiger partial charge in [-0.1, -0.05) is 18.2 Å². The van der Waals surface area contributed by atoms with Crippen LogP contribution in [0.5, 0.6) is 0 Å². The molecule has 0 saturated heterocycles. The molecule has 1 aliphatic rings. The Hall–Kier alpha value is -1.84. The van der Waals surface area contributed by atoms with E-state index in [1.807, 2.05) is 6.07 Å². The molecule has 4 nitrogen and oxygen atoms in total. The number of esters is 1. The summed E-state index contributed by atoms with van der Waals surface area (Å²) >= 11 is 0. The third kappa shape index (κ3) is 2.84. The summed E-state index contributed by atoms with van der Waals surface area (Å²) in [5, 5.41) is 2.73. The third-order valence-corrected chi connectivity index (χ3v) is 2.87. The van der Waals surface area contributed by atoms with Crippen molar-refractivity contribution in [2.24, 2.45) is 5.92 Å². The molecule has 1 aliphatic carbocycles. The minimum Gasteiger partial charge on any atom is -0.467 e. The molecule has 1 amide bonds. The molecule has 1 fully saturated rings. The van der Waals surface area contributed by atoms with Crippen molar-refractivity contribution in [1.82, 2.24) is 5.32 Å². The monoisotopic (exact) mass is 233 g/mol. The molecule has 0 spiro atoms. The molecule has 2 rings (SSSR count). The predicted octanol–water partition coefficient (Wildman–Crippen LogP) is 1.37. The Morgan fingerprint density at radius 1 is 1.29 bits per heavy atom. The van der Waals surface area contributed by atoms with Crippen LogP contribution in [0.25, 0.3) is 0 Å². The fourth-order valence-corrected chi connectivity index (χ4v) is 1.74. The summed E-state index contributed by atoms with van der Waals surface area (Å²) in [4.78, 5) is 23.4. The lowest BCUT2D eigenvalue weighted by Crippen LogP contribution is -2.43. The lowest BCUT2D eigenvalue weighted by atomic mass is 10.1. The molecule has 0 aromatic heterocycles. The molecule has 1 N–H and O–H groups in total. The summed E-state index contributed by atoms with van der Waals surface area (Å²) in [7, 11) is 1.34. The molecule has 0 heterocycles. The van der Waals surface area contributed by atoms with Gasteiger partial charge >= 0.3 is 5.97 Å². The number of ether oxygens (including phenoxy) is 1. The average molecular weight is 233 g/mol. The highest BCUT2D eigenvalue weighted by atomic mass is 16.5. The number of amides is 1. The number of rotatable bonds is 4. The number of methoxy groups -OCH3 is 1. The number of carbonyl (C=O) groups excluding carboxylic acids is 2. The van der Waals surface area contributed by atoms with Gasteiger partial charge in [-0.3, -0.25) is 4.79 Å². The fraction of sp³-hybridized carbons (Fsp3) is 0.385. The molecule has 1 aromatic rings. The van der Waals surface area contributed by atoms with Crippen LogP contribution in [0.2, 0.25) is 0 Å². The maximum atomic E-state index is 11.9. The Morgan fingerprint density at radius 2 is 1.94 bits per heavy atom. The Balaban J connectivity index is 2.03. The first-order valence-electron chi connectivity index (χ1n) is 5.66. The van der Waals surface area contributed by atoms with Gasteiger partial charge in [-0.25, -0.2) is 4.79 Å². The van der Waals surface area contributed by atoms with Gasteiger partial charge in [0.1, 0.15) is 6.04 Å². The smallest absolute Gasteiger partial charge is 0.328 e. The van der Waals surface area contributed by atoms with Crippen LogP contribution in [0.4, 0.5) is 0 Å². The molecule has 0 bridgehead atoms. The van der Waals surface area contributed by atoms with Crippen LogP contribution in [0.15, 0.2) is 30.3 Å². The van der Waals surface area contributed by atoms with Crippen molar-refractivity contribution in [2.45, 2.75) is 18.9 Å². The second-order valence-corrected chi connectivity index (χ2v) is 4.18. The van der Waals surface area contributed by atoms with Crippen LogP contribution < -0.4 is 5.32 Å². The second-order valence-electron chi connectivity index (χ2n) is 4.18. The summed E-state index contributed by atoms with van der Waals surface area (Å²) in [6.07, 6.45) is 1.93. The number of hydrogen-bond donors (Lipinski definition) is 1. The predicted molar refractivity (Wildman–Crippen MR) is 62.4 cm³/mol. The van der Waals surface area contributed by atoms with Crippen molar-refractivity contribution in [3.05, 3.63) is 35.9 Å². The zero-order valence-corrected chi connectivity index (χ0v) is 9.68. The van der Waals surface area contributed by atoms with Gasteiger partial charge in [0.25, 0.3) is 5.91 Å². The zero-order chi connectivity index (χ0) is 12.3. The van der Waals surface area contributed by atoms with Crippen LogP contribution in [-0.4, -0.2) is 25.0 Å². The summed E-state index contributed by atoms with van der Waals surface area (Å²) in [6.45, 7) is 0. The van der Waals surface area contributed by atoms with E-state index in [-0.39, 0.29) is 17.8 Å². The lowest BCUT2D eigenvalue weighted by molar-refractivity contribution is -0.143. The molecule has 1 atom stereocenters. The molecule has 17 heavy (non-hydrogen) atoms. The van der Waals surface area contributed by atoms with Crippen molar-refractivity contribution in [2.75, 3.05) is 7.11 Å². The van der Waals surface area contributed by atoms with E-state index >= 15 is 0 Å². The van der Waals surface area contributed by atoms with Gasteiger partial charge in [-0.05, 0) is 30.9 Å². The summed E-state index contributed by atoms with van der Waals surface area (Å²) < 4.78 is 4.70. The summed E-state index contributed by atoms with van der Waals surface area (Å²) in [5.41, 5.74) is 0.557. The Labute approximate surface area is 100.0 Å². The van der Waals surface area contributed by atoms with Crippen LogP contribution in [0.3, 0.4) is 0 Å². The van der Waals surface area contributed by atoms with E-state index in [9.17, 15) is 9.59 Å².